The number of carbonyl (C=O) groups is 2. The number of likely N-dealkylation sites (N-methyl/N-ethyl adjacent to an activating group) is 1. The number of aromatic amines is 1. The first-order valence-electron chi connectivity index (χ1n) is 8.72. The van der Waals surface area contributed by atoms with Gasteiger partial charge in [0.05, 0.1) is 46.8 Å². The van der Waals surface area contributed by atoms with Gasteiger partial charge in [0, 0.05) is 19.8 Å². The highest BCUT2D eigenvalue weighted by Crippen LogP contribution is 2.28. The van der Waals surface area contributed by atoms with Crippen LogP contribution in [0.2, 0.25) is 0 Å². The Balaban J connectivity index is 0.000000230. The predicted octanol–water partition coefficient (Wildman–Crippen LogP) is 2.23. The van der Waals surface area contributed by atoms with Crippen molar-refractivity contribution in [1.82, 2.24) is 25.1 Å². The molecule has 0 aliphatic heterocycles. The molecule has 30 heavy (non-hydrogen) atoms. The van der Waals surface area contributed by atoms with E-state index in [0.29, 0.717) is 17.7 Å². The van der Waals surface area contributed by atoms with E-state index >= 15 is 0 Å². The van der Waals surface area contributed by atoms with E-state index in [2.05, 4.69) is 25.5 Å². The number of amides is 1. The van der Waals surface area contributed by atoms with Crippen molar-refractivity contribution in [2.24, 2.45) is 0 Å². The minimum Gasteiger partial charge on any atom is -0.385 e. The summed E-state index contributed by atoms with van der Waals surface area (Å²) in [5, 5.41) is 10.6. The number of nitrogens with two attached hydrogens (primary N) is 1. The predicted molar refractivity (Wildman–Crippen MR) is 104 cm³/mol. The third kappa shape index (κ3) is 5.43. The highest BCUT2D eigenvalue weighted by molar-refractivity contribution is 6.23. The zero-order valence-corrected chi connectivity index (χ0v) is 16.2. The van der Waals surface area contributed by atoms with Gasteiger partial charge in [0.1, 0.15) is 5.82 Å². The van der Waals surface area contributed by atoms with Crippen molar-refractivity contribution in [3.63, 3.8) is 0 Å². The summed E-state index contributed by atoms with van der Waals surface area (Å²) >= 11 is 0. The van der Waals surface area contributed by atoms with Crippen LogP contribution in [-0.2, 0) is 22.3 Å². The van der Waals surface area contributed by atoms with Gasteiger partial charge >= 0.3 is 6.18 Å². The van der Waals surface area contributed by atoms with Crippen molar-refractivity contribution in [3.05, 3.63) is 42.0 Å². The molecule has 0 atom stereocenters. The summed E-state index contributed by atoms with van der Waals surface area (Å²) < 4.78 is 36.8. The van der Waals surface area contributed by atoms with Crippen molar-refractivity contribution in [2.75, 3.05) is 24.6 Å². The number of pyridine rings is 2. The Kier molecular flexibility index (Phi) is 7.28. The molecule has 0 fully saturated rings. The maximum Gasteiger partial charge on any atom is 0.417 e. The van der Waals surface area contributed by atoms with E-state index in [1.165, 1.54) is 11.0 Å². The molecule has 0 aliphatic rings. The lowest BCUT2D eigenvalue weighted by Gasteiger charge is -2.17. The largest absolute Gasteiger partial charge is 0.417 e. The van der Waals surface area contributed by atoms with Gasteiger partial charge in [-0.15, -0.1) is 0 Å². The maximum absolute atomic E-state index is 12.3. The molecule has 0 saturated carbocycles. The first-order valence-corrected chi connectivity index (χ1v) is 8.72. The van der Waals surface area contributed by atoms with Crippen LogP contribution in [0.5, 0.6) is 0 Å². The minimum absolute atomic E-state index is 0.00616. The SMILES string of the molecule is CCN(Cc1ccc(C(F)(F)F)cn1)C(=O)C=O.CNc1cnc(N)c2cn[nH]c12. The number of hydrogen-bond acceptors (Lipinski definition) is 7. The van der Waals surface area contributed by atoms with Gasteiger partial charge in [-0.05, 0) is 19.1 Å². The number of fused-ring (bicyclic) bond motifs is 1. The fourth-order valence-corrected chi connectivity index (χ4v) is 2.44. The average molecular weight is 423 g/mol. The van der Waals surface area contributed by atoms with Crippen molar-refractivity contribution in [2.45, 2.75) is 19.6 Å². The van der Waals surface area contributed by atoms with E-state index < -0.39 is 17.6 Å². The highest BCUT2D eigenvalue weighted by Gasteiger charge is 2.30. The number of alkyl halides is 3. The Labute approximate surface area is 169 Å². The third-order valence-electron chi connectivity index (χ3n) is 4.09. The topological polar surface area (TPSA) is 130 Å². The molecule has 0 bridgehead atoms. The Morgan fingerprint density at radius 3 is 2.53 bits per heavy atom. The molecule has 0 aliphatic carbocycles. The first-order chi connectivity index (χ1) is 14.2. The molecule has 12 heteroatoms. The van der Waals surface area contributed by atoms with Gasteiger partial charge in [0.15, 0.2) is 0 Å². The molecular formula is C18H20F3N7O2. The van der Waals surface area contributed by atoms with E-state index in [9.17, 15) is 22.8 Å². The fourth-order valence-electron chi connectivity index (χ4n) is 2.44. The summed E-state index contributed by atoms with van der Waals surface area (Å²) in [7, 11) is 1.83. The number of aldehydes is 1. The molecule has 160 valence electrons. The number of H-pyrrole nitrogens is 1. The number of anilines is 2. The van der Waals surface area contributed by atoms with E-state index in [1.807, 2.05) is 7.05 Å². The van der Waals surface area contributed by atoms with Crippen LogP contribution in [0.15, 0.2) is 30.7 Å². The summed E-state index contributed by atoms with van der Waals surface area (Å²) in [5.41, 5.74) is 6.86. The van der Waals surface area contributed by atoms with E-state index in [0.717, 1.165) is 22.7 Å². The van der Waals surface area contributed by atoms with Gasteiger partial charge in [-0.2, -0.15) is 18.3 Å². The molecule has 4 N–H and O–H groups in total. The van der Waals surface area contributed by atoms with E-state index in [1.54, 1.807) is 19.3 Å². The highest BCUT2D eigenvalue weighted by atomic mass is 19.4. The third-order valence-corrected chi connectivity index (χ3v) is 4.09. The summed E-state index contributed by atoms with van der Waals surface area (Å²) in [4.78, 5) is 30.3. The van der Waals surface area contributed by atoms with Gasteiger partial charge in [-0.1, -0.05) is 0 Å². The molecule has 0 spiro atoms. The van der Waals surface area contributed by atoms with Crippen molar-refractivity contribution in [1.29, 1.82) is 0 Å². The molecular weight excluding hydrogens is 403 g/mol. The Hall–Kier alpha value is -3.70. The second-order valence-corrected chi connectivity index (χ2v) is 5.97. The molecule has 3 aromatic heterocycles. The number of rotatable bonds is 5. The quantitative estimate of drug-likeness (QED) is 0.424. The van der Waals surface area contributed by atoms with Crippen LogP contribution >= 0.6 is 0 Å². The van der Waals surface area contributed by atoms with Crippen LogP contribution < -0.4 is 11.1 Å². The van der Waals surface area contributed by atoms with Crippen LogP contribution in [0.1, 0.15) is 18.2 Å². The summed E-state index contributed by atoms with van der Waals surface area (Å²) in [6.45, 7) is 1.94. The number of hydrogen-bond donors (Lipinski definition) is 3. The normalized spacial score (nSPS) is 10.8. The Morgan fingerprint density at radius 2 is 2.00 bits per heavy atom. The molecule has 0 aromatic carbocycles. The monoisotopic (exact) mass is 423 g/mol. The van der Waals surface area contributed by atoms with Crippen LogP contribution in [-0.4, -0.2) is 50.9 Å². The van der Waals surface area contributed by atoms with Gasteiger partial charge < -0.3 is 16.0 Å². The lowest BCUT2D eigenvalue weighted by molar-refractivity contribution is -0.139. The Bertz CT molecular complexity index is 1000. The van der Waals surface area contributed by atoms with Gasteiger partial charge in [-0.3, -0.25) is 19.7 Å². The number of carbonyl (C=O) groups excluding carboxylic acids is 2. The number of nitrogens with one attached hydrogen (secondary N) is 2. The second kappa shape index (κ2) is 9.67. The van der Waals surface area contributed by atoms with Crippen LogP contribution in [0, 0.1) is 0 Å². The molecule has 3 heterocycles. The number of nitrogens with zero attached hydrogens (tertiary/aromatic N) is 4. The molecule has 3 rings (SSSR count). The second-order valence-electron chi connectivity index (χ2n) is 5.97. The number of nitrogen functional groups attached to an aromatic ring is 1. The molecule has 3 aromatic rings. The van der Waals surface area contributed by atoms with E-state index in [-0.39, 0.29) is 19.4 Å². The molecule has 9 nitrogen and oxygen atoms in total. The molecule has 1 amide bonds. The summed E-state index contributed by atoms with van der Waals surface area (Å²) in [5.74, 6) is -0.225. The number of halogens is 3. The maximum atomic E-state index is 12.3. The minimum atomic E-state index is -4.44. The smallest absolute Gasteiger partial charge is 0.385 e. The molecule has 0 saturated heterocycles. The Morgan fingerprint density at radius 1 is 1.27 bits per heavy atom. The van der Waals surface area contributed by atoms with Crippen LogP contribution in [0.4, 0.5) is 24.7 Å². The molecule has 0 radical (unpaired) electrons. The van der Waals surface area contributed by atoms with Crippen molar-refractivity contribution in [3.8, 4) is 0 Å². The standard InChI is InChI=1S/C11H11F3N2O2.C7H9N5/c1-2-16(10(18)7-17)6-9-4-3-8(5-15-9)11(12,13)14;1-9-5-3-10-7(8)4-2-11-12-6(4)5/h3-5,7H,2,6H2,1H3;2-3,9H,1H3,(H2,8,10)(H,11,12). The number of aromatic nitrogens is 4. The van der Waals surface area contributed by atoms with Gasteiger partial charge in [-0.25, -0.2) is 4.98 Å². The van der Waals surface area contributed by atoms with E-state index in [4.69, 9.17) is 5.73 Å². The van der Waals surface area contributed by atoms with Gasteiger partial charge in [0.25, 0.3) is 5.91 Å². The molecule has 0 unspecified atom stereocenters. The zero-order chi connectivity index (χ0) is 22.3. The van der Waals surface area contributed by atoms with Crippen LogP contribution in [0.25, 0.3) is 10.9 Å². The average Bonchev–Trinajstić information content (AvgIpc) is 3.23. The lowest BCUT2D eigenvalue weighted by atomic mass is 10.2. The first kappa shape index (κ1) is 22.6. The fraction of sp³-hybridized carbons (Fsp3) is 0.278. The zero-order valence-electron chi connectivity index (χ0n) is 16.2. The lowest BCUT2D eigenvalue weighted by Crippen LogP contribution is -2.31. The van der Waals surface area contributed by atoms with Crippen molar-refractivity contribution < 1.29 is 22.8 Å². The van der Waals surface area contributed by atoms with Gasteiger partial charge in [0.2, 0.25) is 6.29 Å². The summed E-state index contributed by atoms with van der Waals surface area (Å²) in [6.07, 6.45) is -0.231. The van der Waals surface area contributed by atoms with Crippen molar-refractivity contribution >= 4 is 34.6 Å². The summed E-state index contributed by atoms with van der Waals surface area (Å²) in [6, 6.07) is 2.07. The van der Waals surface area contributed by atoms with Crippen LogP contribution in [0.3, 0.4) is 0 Å².